The van der Waals surface area contributed by atoms with Crippen LogP contribution in [-0.2, 0) is 0 Å². The van der Waals surface area contributed by atoms with E-state index in [1.54, 1.807) is 6.07 Å². The highest BCUT2D eigenvalue weighted by atomic mass is 35.5. The monoisotopic (exact) mass is 301 g/mol. The van der Waals surface area contributed by atoms with E-state index in [1.165, 1.54) is 6.42 Å². The van der Waals surface area contributed by atoms with E-state index in [2.05, 4.69) is 36.4 Å². The summed E-state index contributed by atoms with van der Waals surface area (Å²) in [7, 11) is 0. The van der Waals surface area contributed by atoms with Crippen molar-refractivity contribution in [1.82, 2.24) is 4.98 Å². The zero-order valence-corrected chi connectivity index (χ0v) is 13.2. The van der Waals surface area contributed by atoms with E-state index >= 15 is 0 Å². The summed E-state index contributed by atoms with van der Waals surface area (Å²) in [5.74, 6) is 2.12. The number of aromatic nitrogens is 1. The average Bonchev–Trinajstić information content (AvgIpc) is 2.95. The Hall–Kier alpha value is -0.670. The zero-order valence-electron chi connectivity index (χ0n) is 11.7. The minimum Gasteiger partial charge on any atom is -0.369 e. The lowest BCUT2D eigenvalue weighted by molar-refractivity contribution is 0.573. The SMILES string of the molecule is CCCNc1nc(NCC2CC2(C)C)c(Cl)cc1Cl. The third-order valence-corrected chi connectivity index (χ3v) is 4.28. The van der Waals surface area contributed by atoms with Gasteiger partial charge in [-0.1, -0.05) is 44.0 Å². The highest BCUT2D eigenvalue weighted by Crippen LogP contribution is 2.51. The van der Waals surface area contributed by atoms with Crippen LogP contribution in [0, 0.1) is 11.3 Å². The number of pyridine rings is 1. The molecule has 1 saturated carbocycles. The van der Waals surface area contributed by atoms with Gasteiger partial charge in [0.05, 0.1) is 10.0 Å². The third kappa shape index (κ3) is 3.67. The molecule has 3 nitrogen and oxygen atoms in total. The molecule has 1 fully saturated rings. The molecule has 0 radical (unpaired) electrons. The lowest BCUT2D eigenvalue weighted by atomic mass is 10.1. The van der Waals surface area contributed by atoms with E-state index in [0.717, 1.165) is 19.5 Å². The number of nitrogens with zero attached hydrogens (tertiary/aromatic N) is 1. The maximum atomic E-state index is 6.17. The number of nitrogens with one attached hydrogen (secondary N) is 2. The van der Waals surface area contributed by atoms with E-state index in [0.29, 0.717) is 33.0 Å². The van der Waals surface area contributed by atoms with Crippen LogP contribution in [0.4, 0.5) is 11.6 Å². The second kappa shape index (κ2) is 5.76. The summed E-state index contributed by atoms with van der Waals surface area (Å²) in [4.78, 5) is 4.47. The van der Waals surface area contributed by atoms with Gasteiger partial charge in [0.15, 0.2) is 0 Å². The van der Waals surface area contributed by atoms with Crippen LogP contribution >= 0.6 is 23.2 Å². The van der Waals surface area contributed by atoms with Gasteiger partial charge in [-0.2, -0.15) is 0 Å². The summed E-state index contributed by atoms with van der Waals surface area (Å²) in [6.07, 6.45) is 2.28. The summed E-state index contributed by atoms with van der Waals surface area (Å²) in [5, 5.41) is 7.68. The first-order chi connectivity index (χ1) is 8.94. The van der Waals surface area contributed by atoms with Crippen LogP contribution in [0.5, 0.6) is 0 Å². The maximum absolute atomic E-state index is 6.17. The van der Waals surface area contributed by atoms with Crippen LogP contribution in [0.25, 0.3) is 0 Å². The Labute approximate surface area is 125 Å². The van der Waals surface area contributed by atoms with Crippen LogP contribution in [0.3, 0.4) is 0 Å². The Balaban J connectivity index is 2.02. The van der Waals surface area contributed by atoms with Gasteiger partial charge in [0.25, 0.3) is 0 Å². The van der Waals surface area contributed by atoms with Crippen molar-refractivity contribution in [3.05, 3.63) is 16.1 Å². The second-order valence-corrected chi connectivity index (χ2v) is 6.66. The first-order valence-corrected chi connectivity index (χ1v) is 7.53. The number of hydrogen-bond acceptors (Lipinski definition) is 3. The fraction of sp³-hybridized carbons (Fsp3) is 0.643. The van der Waals surface area contributed by atoms with Crippen molar-refractivity contribution >= 4 is 34.8 Å². The molecule has 19 heavy (non-hydrogen) atoms. The molecule has 5 heteroatoms. The smallest absolute Gasteiger partial charge is 0.147 e. The quantitative estimate of drug-likeness (QED) is 0.802. The predicted molar refractivity (Wildman–Crippen MR) is 83.4 cm³/mol. The van der Waals surface area contributed by atoms with E-state index in [9.17, 15) is 0 Å². The topological polar surface area (TPSA) is 37.0 Å². The summed E-state index contributed by atoms with van der Waals surface area (Å²) in [5.41, 5.74) is 0.454. The van der Waals surface area contributed by atoms with Crippen molar-refractivity contribution in [2.75, 3.05) is 23.7 Å². The summed E-state index contributed by atoms with van der Waals surface area (Å²) in [6.45, 7) is 8.43. The van der Waals surface area contributed by atoms with E-state index in [-0.39, 0.29) is 0 Å². The van der Waals surface area contributed by atoms with Gasteiger partial charge in [-0.15, -0.1) is 0 Å². The molecule has 1 aromatic rings. The molecule has 0 aromatic carbocycles. The van der Waals surface area contributed by atoms with Crippen molar-refractivity contribution in [1.29, 1.82) is 0 Å². The molecule has 1 atom stereocenters. The standard InChI is InChI=1S/C14H21Cl2N3/c1-4-5-17-12-10(15)6-11(16)13(19-12)18-8-9-7-14(9,2)3/h6,9H,4-5,7-8H2,1-3H3,(H2,17,18,19). The molecule has 2 rings (SSSR count). The van der Waals surface area contributed by atoms with Crippen molar-refractivity contribution in [3.8, 4) is 0 Å². The Bertz CT molecular complexity index is 460. The molecule has 1 aliphatic rings. The first kappa shape index (κ1) is 14.7. The van der Waals surface area contributed by atoms with Crippen LogP contribution < -0.4 is 10.6 Å². The Morgan fingerprint density at radius 3 is 2.37 bits per heavy atom. The number of rotatable bonds is 6. The minimum atomic E-state index is 0.454. The molecule has 0 spiro atoms. The second-order valence-electron chi connectivity index (χ2n) is 5.85. The van der Waals surface area contributed by atoms with Crippen LogP contribution in [-0.4, -0.2) is 18.1 Å². The highest BCUT2D eigenvalue weighted by molar-refractivity contribution is 6.37. The Morgan fingerprint density at radius 2 is 1.84 bits per heavy atom. The third-order valence-electron chi connectivity index (χ3n) is 3.71. The van der Waals surface area contributed by atoms with E-state index < -0.39 is 0 Å². The van der Waals surface area contributed by atoms with Crippen molar-refractivity contribution in [2.24, 2.45) is 11.3 Å². The fourth-order valence-corrected chi connectivity index (χ4v) is 2.59. The maximum Gasteiger partial charge on any atom is 0.147 e. The number of hydrogen-bond donors (Lipinski definition) is 2. The van der Waals surface area contributed by atoms with Gasteiger partial charge in [0.2, 0.25) is 0 Å². The minimum absolute atomic E-state index is 0.454. The summed E-state index contributed by atoms with van der Waals surface area (Å²) in [6, 6.07) is 1.74. The average molecular weight is 302 g/mol. The molecule has 0 aliphatic heterocycles. The normalized spacial score (nSPS) is 20.2. The van der Waals surface area contributed by atoms with Crippen LogP contribution in [0.1, 0.15) is 33.6 Å². The fourth-order valence-electron chi connectivity index (χ4n) is 2.10. The van der Waals surface area contributed by atoms with Gasteiger partial charge in [-0.3, -0.25) is 0 Å². The molecule has 1 heterocycles. The lowest BCUT2D eigenvalue weighted by Gasteiger charge is -2.12. The molecule has 1 aliphatic carbocycles. The van der Waals surface area contributed by atoms with E-state index in [1.807, 2.05) is 0 Å². The lowest BCUT2D eigenvalue weighted by Crippen LogP contribution is -2.10. The van der Waals surface area contributed by atoms with Gasteiger partial charge in [-0.05, 0) is 30.2 Å². The summed E-state index contributed by atoms with van der Waals surface area (Å²) >= 11 is 12.3. The zero-order chi connectivity index (χ0) is 14.0. The van der Waals surface area contributed by atoms with Gasteiger partial charge in [-0.25, -0.2) is 4.98 Å². The van der Waals surface area contributed by atoms with Gasteiger partial charge < -0.3 is 10.6 Å². The van der Waals surface area contributed by atoms with Crippen LogP contribution in [0.15, 0.2) is 6.07 Å². The Kier molecular flexibility index (Phi) is 4.46. The number of halogens is 2. The van der Waals surface area contributed by atoms with Gasteiger partial charge >= 0.3 is 0 Å². The first-order valence-electron chi connectivity index (χ1n) is 6.78. The molecular weight excluding hydrogens is 281 g/mol. The molecular formula is C14H21Cl2N3. The van der Waals surface area contributed by atoms with Gasteiger partial charge in [0, 0.05) is 13.1 Å². The van der Waals surface area contributed by atoms with Crippen molar-refractivity contribution in [2.45, 2.75) is 33.6 Å². The predicted octanol–water partition coefficient (Wildman–Crippen LogP) is 4.67. The Morgan fingerprint density at radius 1 is 1.26 bits per heavy atom. The molecule has 1 aromatic heterocycles. The molecule has 1 unspecified atom stereocenters. The largest absolute Gasteiger partial charge is 0.369 e. The molecule has 0 amide bonds. The molecule has 0 saturated heterocycles. The molecule has 0 bridgehead atoms. The van der Waals surface area contributed by atoms with Crippen LogP contribution in [0.2, 0.25) is 10.0 Å². The highest BCUT2D eigenvalue weighted by Gasteiger charge is 2.45. The van der Waals surface area contributed by atoms with Crippen molar-refractivity contribution < 1.29 is 0 Å². The van der Waals surface area contributed by atoms with Crippen molar-refractivity contribution in [3.63, 3.8) is 0 Å². The summed E-state index contributed by atoms with van der Waals surface area (Å²) < 4.78 is 0. The molecule has 106 valence electrons. The van der Waals surface area contributed by atoms with Gasteiger partial charge in [0.1, 0.15) is 11.6 Å². The molecule has 2 N–H and O–H groups in total. The number of anilines is 2. The van der Waals surface area contributed by atoms with E-state index in [4.69, 9.17) is 23.2 Å².